The lowest BCUT2D eigenvalue weighted by molar-refractivity contribution is 0.630. The summed E-state index contributed by atoms with van der Waals surface area (Å²) in [5.74, 6) is 0. The summed E-state index contributed by atoms with van der Waals surface area (Å²) >= 11 is 0. The van der Waals surface area contributed by atoms with Gasteiger partial charge in [0.1, 0.15) is 11.4 Å². The molecule has 0 radical (unpaired) electrons. The van der Waals surface area contributed by atoms with Gasteiger partial charge in [-0.15, -0.1) is 10.2 Å². The number of aromatic nitrogens is 6. The molecule has 0 aliphatic rings. The van der Waals surface area contributed by atoms with Crippen molar-refractivity contribution >= 4 is 0 Å². The fraction of sp³-hybridized carbons (Fsp3) is 0.308. The van der Waals surface area contributed by atoms with Crippen molar-refractivity contribution in [3.8, 4) is 23.5 Å². The first kappa shape index (κ1) is 22.9. The van der Waals surface area contributed by atoms with Crippen LogP contribution in [-0.4, -0.2) is 30.0 Å². The fourth-order valence-corrected chi connectivity index (χ4v) is 3.96. The van der Waals surface area contributed by atoms with Gasteiger partial charge in [0, 0.05) is 12.8 Å². The van der Waals surface area contributed by atoms with Gasteiger partial charge in [-0.2, -0.15) is 10.5 Å². The Bertz CT molecular complexity index is 1170. The number of nitriles is 2. The summed E-state index contributed by atoms with van der Waals surface area (Å²) in [4.78, 5) is 0. The van der Waals surface area contributed by atoms with E-state index in [2.05, 4.69) is 57.0 Å². The van der Waals surface area contributed by atoms with Gasteiger partial charge in [-0.1, -0.05) is 71.1 Å². The number of benzene rings is 2. The van der Waals surface area contributed by atoms with Gasteiger partial charge in [0.2, 0.25) is 0 Å². The van der Waals surface area contributed by atoms with Gasteiger partial charge in [-0.05, 0) is 36.8 Å². The average molecular weight is 451 g/mol. The number of hydrogen-bond donors (Lipinski definition) is 0. The van der Waals surface area contributed by atoms with Crippen molar-refractivity contribution < 1.29 is 0 Å². The van der Waals surface area contributed by atoms with Crippen LogP contribution in [0.3, 0.4) is 0 Å². The molecule has 170 valence electrons. The first-order valence-corrected chi connectivity index (χ1v) is 11.5. The van der Waals surface area contributed by atoms with E-state index in [0.29, 0.717) is 51.6 Å². The predicted molar refractivity (Wildman–Crippen MR) is 127 cm³/mol. The molecule has 0 aliphatic carbocycles. The van der Waals surface area contributed by atoms with E-state index in [4.69, 9.17) is 10.5 Å². The highest BCUT2D eigenvalue weighted by atomic mass is 15.5. The molecule has 0 N–H and O–H groups in total. The molecule has 0 atom stereocenters. The van der Waals surface area contributed by atoms with Gasteiger partial charge >= 0.3 is 0 Å². The van der Waals surface area contributed by atoms with Crippen LogP contribution in [0.1, 0.15) is 48.2 Å². The van der Waals surface area contributed by atoms with E-state index in [-0.39, 0.29) is 0 Å². The molecule has 0 fully saturated rings. The number of hydrogen-bond acceptors (Lipinski definition) is 6. The smallest absolute Gasteiger partial charge is 0.112 e. The third kappa shape index (κ3) is 5.54. The van der Waals surface area contributed by atoms with Gasteiger partial charge < -0.3 is 0 Å². The molecule has 2 aromatic carbocycles. The summed E-state index contributed by atoms with van der Waals surface area (Å²) in [6.45, 7) is 1.13. The Hall–Kier alpha value is -4.30. The van der Waals surface area contributed by atoms with Crippen LogP contribution in [0.2, 0.25) is 0 Å². The zero-order valence-electron chi connectivity index (χ0n) is 19.0. The van der Waals surface area contributed by atoms with Crippen LogP contribution in [0, 0.1) is 22.7 Å². The highest BCUT2D eigenvalue weighted by Gasteiger charge is 2.24. The molecule has 0 aliphatic heterocycles. The van der Waals surface area contributed by atoms with E-state index in [1.54, 1.807) is 0 Å². The van der Waals surface area contributed by atoms with E-state index in [0.717, 1.165) is 33.9 Å². The molecule has 8 heteroatoms. The quantitative estimate of drug-likeness (QED) is 0.315. The van der Waals surface area contributed by atoms with Gasteiger partial charge in [-0.25, -0.2) is 9.36 Å². The van der Waals surface area contributed by atoms with E-state index < -0.39 is 0 Å². The number of rotatable bonds is 11. The van der Waals surface area contributed by atoms with Crippen molar-refractivity contribution in [2.45, 2.75) is 51.6 Å². The molecule has 0 bridgehead atoms. The van der Waals surface area contributed by atoms with Gasteiger partial charge in [0.05, 0.1) is 36.6 Å². The molecule has 0 spiro atoms. The number of nitrogens with zero attached hydrogens (tertiary/aromatic N) is 8. The topological polar surface area (TPSA) is 109 Å². The Morgan fingerprint density at radius 1 is 0.618 bits per heavy atom. The van der Waals surface area contributed by atoms with E-state index in [1.165, 1.54) is 0 Å². The second-order valence-electron chi connectivity index (χ2n) is 8.08. The van der Waals surface area contributed by atoms with Crippen LogP contribution < -0.4 is 0 Å². The van der Waals surface area contributed by atoms with Crippen LogP contribution >= 0.6 is 0 Å². The summed E-state index contributed by atoms with van der Waals surface area (Å²) in [6.07, 6.45) is 3.62. The lowest BCUT2D eigenvalue weighted by Gasteiger charge is -2.12. The highest BCUT2D eigenvalue weighted by Crippen LogP contribution is 2.28. The maximum atomic E-state index is 9.03. The van der Waals surface area contributed by atoms with E-state index in [9.17, 15) is 0 Å². The lowest BCUT2D eigenvalue weighted by Crippen LogP contribution is -2.11. The first-order valence-electron chi connectivity index (χ1n) is 11.5. The molecule has 8 nitrogen and oxygen atoms in total. The fourth-order valence-electron chi connectivity index (χ4n) is 3.96. The highest BCUT2D eigenvalue weighted by molar-refractivity contribution is 5.61. The molecule has 34 heavy (non-hydrogen) atoms. The Morgan fingerprint density at radius 3 is 1.41 bits per heavy atom. The van der Waals surface area contributed by atoms with Crippen LogP contribution in [0.25, 0.3) is 11.4 Å². The molecule has 0 unspecified atom stereocenters. The molecule has 4 rings (SSSR count). The molecule has 0 amide bonds. The van der Waals surface area contributed by atoms with Crippen molar-refractivity contribution in [2.75, 3.05) is 0 Å². The Balaban J connectivity index is 1.79. The maximum absolute atomic E-state index is 9.03. The SMILES string of the molecule is N#CCCCc1nnn(Cc2ccccc2)c1-c1c(CCCC#N)nnn1Cc1ccccc1. The minimum atomic E-state index is 0.460. The molecular weight excluding hydrogens is 424 g/mol. The van der Waals surface area contributed by atoms with Gasteiger partial charge in [-0.3, -0.25) is 0 Å². The predicted octanol–water partition coefficient (Wildman–Crippen LogP) is 4.33. The summed E-state index contributed by atoms with van der Waals surface area (Å²) in [5.41, 5.74) is 5.67. The van der Waals surface area contributed by atoms with Crippen LogP contribution in [0.4, 0.5) is 0 Å². The van der Waals surface area contributed by atoms with Crippen LogP contribution in [-0.2, 0) is 25.9 Å². The monoisotopic (exact) mass is 450 g/mol. The largest absolute Gasteiger partial charge is 0.238 e. The molecule has 4 aromatic rings. The summed E-state index contributed by atoms with van der Waals surface area (Å²) in [7, 11) is 0. The maximum Gasteiger partial charge on any atom is 0.112 e. The van der Waals surface area contributed by atoms with Crippen molar-refractivity contribution in [3.05, 3.63) is 83.2 Å². The molecule has 2 heterocycles. The minimum Gasteiger partial charge on any atom is -0.238 e. The molecule has 0 saturated carbocycles. The van der Waals surface area contributed by atoms with Crippen LogP contribution in [0.5, 0.6) is 0 Å². The number of aryl methyl sites for hydroxylation is 2. The Kier molecular flexibility index (Phi) is 7.76. The van der Waals surface area contributed by atoms with Crippen molar-refractivity contribution in [3.63, 3.8) is 0 Å². The average Bonchev–Trinajstić information content (AvgIpc) is 3.43. The minimum absolute atomic E-state index is 0.460. The van der Waals surface area contributed by atoms with Crippen molar-refractivity contribution in [1.82, 2.24) is 30.0 Å². The van der Waals surface area contributed by atoms with E-state index in [1.807, 2.05) is 45.8 Å². The normalized spacial score (nSPS) is 10.6. The van der Waals surface area contributed by atoms with Crippen LogP contribution in [0.15, 0.2) is 60.7 Å². The zero-order chi connectivity index (χ0) is 23.6. The van der Waals surface area contributed by atoms with Gasteiger partial charge in [0.25, 0.3) is 0 Å². The second-order valence-corrected chi connectivity index (χ2v) is 8.08. The first-order chi connectivity index (χ1) is 16.8. The number of unbranched alkanes of at least 4 members (excludes halogenated alkanes) is 2. The third-order valence-corrected chi connectivity index (χ3v) is 5.59. The summed E-state index contributed by atoms with van der Waals surface area (Å²) in [6, 6.07) is 24.7. The Labute approximate surface area is 199 Å². The molecular formula is C26H26N8. The van der Waals surface area contributed by atoms with Gasteiger partial charge in [0.15, 0.2) is 0 Å². The zero-order valence-corrected chi connectivity index (χ0v) is 19.0. The molecule has 0 saturated heterocycles. The lowest BCUT2D eigenvalue weighted by atomic mass is 10.1. The third-order valence-electron chi connectivity index (χ3n) is 5.59. The summed E-state index contributed by atoms with van der Waals surface area (Å²) in [5, 5.41) is 36.1. The second kappa shape index (κ2) is 11.5. The molecule has 2 aromatic heterocycles. The van der Waals surface area contributed by atoms with Crippen molar-refractivity contribution in [2.24, 2.45) is 0 Å². The van der Waals surface area contributed by atoms with E-state index >= 15 is 0 Å². The van der Waals surface area contributed by atoms with Crippen molar-refractivity contribution in [1.29, 1.82) is 10.5 Å². The summed E-state index contributed by atoms with van der Waals surface area (Å²) < 4.78 is 3.82. The Morgan fingerprint density at radius 2 is 1.03 bits per heavy atom. The standard InChI is InChI=1S/C26H26N8/c27-17-9-7-15-23-25(33(31-29-23)19-21-11-3-1-4-12-21)26-24(16-8-10-18-28)30-32-34(26)20-22-13-5-2-6-14-22/h1-6,11-14H,7-10,15-16,19-20H2.